The maximum Gasteiger partial charge on any atom is 0.341 e. The van der Waals surface area contributed by atoms with E-state index in [1.165, 1.54) is 0 Å². The van der Waals surface area contributed by atoms with Crippen LogP contribution in [0.4, 0.5) is 5.00 Å². The number of aromatic nitrogens is 2. The largest absolute Gasteiger partial charge is 0.462 e. The van der Waals surface area contributed by atoms with E-state index in [1.54, 1.807) is 24.9 Å². The molecule has 0 aliphatic carbocycles. The summed E-state index contributed by atoms with van der Waals surface area (Å²) in [5, 5.41) is 3.12. The van der Waals surface area contributed by atoms with Crippen LogP contribution in [0.2, 0.25) is 0 Å². The number of thiophene rings is 1. The summed E-state index contributed by atoms with van der Waals surface area (Å²) >= 11 is 1.10. The van der Waals surface area contributed by atoms with Gasteiger partial charge in [0.25, 0.3) is 5.91 Å². The van der Waals surface area contributed by atoms with E-state index in [1.807, 2.05) is 43.5 Å². The van der Waals surface area contributed by atoms with Crippen molar-refractivity contribution in [2.45, 2.75) is 41.0 Å². The van der Waals surface area contributed by atoms with Crippen molar-refractivity contribution >= 4 is 39.8 Å². The Hall–Kier alpha value is -3.20. The van der Waals surface area contributed by atoms with Crippen molar-refractivity contribution in [1.29, 1.82) is 0 Å². The lowest BCUT2D eigenvalue weighted by Crippen LogP contribution is -2.30. The van der Waals surface area contributed by atoms with Crippen LogP contribution >= 0.6 is 11.3 Å². The summed E-state index contributed by atoms with van der Waals surface area (Å²) in [4.78, 5) is 44.9. The van der Waals surface area contributed by atoms with Crippen LogP contribution in [-0.4, -0.2) is 51.8 Å². The van der Waals surface area contributed by atoms with Crippen molar-refractivity contribution in [3.8, 4) is 0 Å². The Morgan fingerprint density at radius 2 is 1.91 bits per heavy atom. The fourth-order valence-corrected chi connectivity index (χ4v) is 4.64. The van der Waals surface area contributed by atoms with Crippen molar-refractivity contribution in [1.82, 2.24) is 14.3 Å². The number of pyridine rings is 1. The van der Waals surface area contributed by atoms with Gasteiger partial charge in [-0.2, -0.15) is 0 Å². The van der Waals surface area contributed by atoms with Gasteiger partial charge < -0.3 is 19.4 Å². The molecule has 32 heavy (non-hydrogen) atoms. The lowest BCUT2D eigenvalue weighted by molar-refractivity contribution is -0.115. The lowest BCUT2D eigenvalue weighted by atomic mass is 10.1. The first-order chi connectivity index (χ1) is 15.3. The summed E-state index contributed by atoms with van der Waals surface area (Å²) in [5.74, 6) is -1.05. The maximum absolute atomic E-state index is 12.9. The van der Waals surface area contributed by atoms with Gasteiger partial charge in [0.15, 0.2) is 0 Å². The van der Waals surface area contributed by atoms with Crippen molar-refractivity contribution in [2.75, 3.05) is 25.0 Å². The fraction of sp³-hybridized carbons (Fsp3) is 0.391. The number of nitrogens with zero attached hydrogens (tertiary/aromatic N) is 3. The van der Waals surface area contributed by atoms with Crippen molar-refractivity contribution in [3.63, 3.8) is 0 Å². The normalized spacial score (nSPS) is 10.9. The van der Waals surface area contributed by atoms with Crippen LogP contribution in [0.15, 0.2) is 24.5 Å². The average Bonchev–Trinajstić information content (AvgIpc) is 3.28. The van der Waals surface area contributed by atoms with Crippen LogP contribution in [0, 0.1) is 13.8 Å². The molecular weight excluding hydrogens is 428 g/mol. The van der Waals surface area contributed by atoms with Gasteiger partial charge in [0.05, 0.1) is 29.2 Å². The Balaban J connectivity index is 1.88. The van der Waals surface area contributed by atoms with Gasteiger partial charge in [0, 0.05) is 25.5 Å². The number of fused-ring (bicyclic) bond motifs is 1. The first kappa shape index (κ1) is 23.5. The molecule has 0 spiro atoms. The third-order valence-electron chi connectivity index (χ3n) is 5.13. The molecule has 1 N–H and O–H groups in total. The van der Waals surface area contributed by atoms with E-state index >= 15 is 0 Å². The van der Waals surface area contributed by atoms with Crippen LogP contribution in [0.25, 0.3) is 5.65 Å². The first-order valence-electron chi connectivity index (χ1n) is 10.6. The zero-order chi connectivity index (χ0) is 23.4. The Morgan fingerprint density at radius 3 is 2.56 bits per heavy atom. The van der Waals surface area contributed by atoms with E-state index in [0.717, 1.165) is 22.5 Å². The van der Waals surface area contributed by atoms with Crippen molar-refractivity contribution < 1.29 is 19.1 Å². The zero-order valence-corrected chi connectivity index (χ0v) is 19.8. The molecule has 170 valence electrons. The van der Waals surface area contributed by atoms with Crippen LogP contribution < -0.4 is 5.32 Å². The molecule has 8 nitrogen and oxygen atoms in total. The summed E-state index contributed by atoms with van der Waals surface area (Å²) in [7, 11) is 0. The molecule has 0 radical (unpaired) electrons. The SMILES string of the molecule is CCOC(=O)c1c(NC(=O)Cc2cn3ccc(C)cc3n2)sc(C(=O)N(CC)CC)c1C. The molecule has 0 bridgehead atoms. The molecule has 0 unspecified atom stereocenters. The van der Waals surface area contributed by atoms with Crippen molar-refractivity contribution in [3.05, 3.63) is 51.8 Å². The second kappa shape index (κ2) is 9.95. The van der Waals surface area contributed by atoms with Gasteiger partial charge in [-0.05, 0) is 57.9 Å². The molecule has 0 aliphatic heterocycles. The Kier molecular flexibility index (Phi) is 7.29. The van der Waals surface area contributed by atoms with Gasteiger partial charge in [0.1, 0.15) is 10.6 Å². The third kappa shape index (κ3) is 4.83. The fourth-order valence-electron chi connectivity index (χ4n) is 3.47. The highest BCUT2D eigenvalue weighted by Crippen LogP contribution is 2.34. The molecule has 0 saturated heterocycles. The van der Waals surface area contributed by atoms with Crippen LogP contribution in [0.1, 0.15) is 57.6 Å². The maximum atomic E-state index is 12.9. The van der Waals surface area contributed by atoms with Gasteiger partial charge in [0.2, 0.25) is 5.91 Å². The number of ether oxygens (including phenoxy) is 1. The number of carbonyl (C=O) groups excluding carboxylic acids is 3. The first-order valence-corrected chi connectivity index (χ1v) is 11.4. The van der Waals surface area contributed by atoms with E-state index in [4.69, 9.17) is 4.74 Å². The van der Waals surface area contributed by atoms with E-state index < -0.39 is 5.97 Å². The minimum atomic E-state index is -0.557. The Labute approximate surface area is 191 Å². The number of amides is 2. The summed E-state index contributed by atoms with van der Waals surface area (Å²) in [5.41, 5.74) is 3.20. The average molecular weight is 457 g/mol. The second-order valence-corrected chi connectivity index (χ2v) is 8.41. The number of anilines is 1. The number of nitrogens with one attached hydrogen (secondary N) is 1. The van der Waals surface area contributed by atoms with Crippen LogP contribution in [0.5, 0.6) is 0 Å². The van der Waals surface area contributed by atoms with E-state index in [-0.39, 0.29) is 30.4 Å². The van der Waals surface area contributed by atoms with Gasteiger partial charge >= 0.3 is 5.97 Å². The lowest BCUT2D eigenvalue weighted by Gasteiger charge is -2.18. The smallest absolute Gasteiger partial charge is 0.341 e. The number of esters is 1. The molecule has 2 amide bonds. The third-order valence-corrected chi connectivity index (χ3v) is 6.33. The number of carbonyl (C=O) groups is 3. The van der Waals surface area contributed by atoms with Gasteiger partial charge in [-0.1, -0.05) is 0 Å². The van der Waals surface area contributed by atoms with Gasteiger partial charge in [-0.15, -0.1) is 11.3 Å². The number of rotatable bonds is 8. The molecule has 0 aliphatic rings. The summed E-state index contributed by atoms with van der Waals surface area (Å²) < 4.78 is 7.04. The van der Waals surface area contributed by atoms with Crippen molar-refractivity contribution in [2.24, 2.45) is 0 Å². The number of hydrogen-bond donors (Lipinski definition) is 1. The van der Waals surface area contributed by atoms with Gasteiger partial charge in [-0.25, -0.2) is 9.78 Å². The highest BCUT2D eigenvalue weighted by Gasteiger charge is 2.28. The predicted octanol–water partition coefficient (Wildman–Crippen LogP) is 3.85. The van der Waals surface area contributed by atoms with E-state index in [2.05, 4.69) is 10.3 Å². The second-order valence-electron chi connectivity index (χ2n) is 7.38. The minimum Gasteiger partial charge on any atom is -0.462 e. The summed E-state index contributed by atoms with van der Waals surface area (Å²) in [6.07, 6.45) is 3.74. The molecule has 3 aromatic heterocycles. The van der Waals surface area contributed by atoms with E-state index in [0.29, 0.717) is 34.2 Å². The number of aryl methyl sites for hydroxylation is 1. The highest BCUT2D eigenvalue weighted by atomic mass is 32.1. The van der Waals surface area contributed by atoms with Gasteiger partial charge in [-0.3, -0.25) is 9.59 Å². The monoisotopic (exact) mass is 456 g/mol. The predicted molar refractivity (Wildman–Crippen MR) is 125 cm³/mol. The number of imidazole rings is 1. The summed E-state index contributed by atoms with van der Waals surface area (Å²) in [6, 6.07) is 3.90. The number of hydrogen-bond acceptors (Lipinski definition) is 6. The van der Waals surface area contributed by atoms with E-state index in [9.17, 15) is 14.4 Å². The molecule has 3 heterocycles. The highest BCUT2D eigenvalue weighted by molar-refractivity contribution is 7.18. The molecule has 0 aromatic carbocycles. The quantitative estimate of drug-likeness (QED) is 0.520. The Bertz CT molecular complexity index is 1160. The molecule has 9 heteroatoms. The molecular formula is C23H28N4O4S. The molecule has 0 saturated carbocycles. The van der Waals surface area contributed by atoms with Crippen LogP contribution in [-0.2, 0) is 16.0 Å². The standard InChI is InChI=1S/C23H28N4O4S/c1-6-26(7-2)22(29)20-15(5)19(23(30)31-8-3)21(32-20)25-18(28)12-16-13-27-10-9-14(4)11-17(27)24-16/h9-11,13H,6-8,12H2,1-5H3,(H,25,28). The molecule has 3 aromatic rings. The summed E-state index contributed by atoms with van der Waals surface area (Å²) in [6.45, 7) is 10.5. The Morgan fingerprint density at radius 1 is 1.19 bits per heavy atom. The zero-order valence-electron chi connectivity index (χ0n) is 19.0. The minimum absolute atomic E-state index is 0.0409. The topological polar surface area (TPSA) is 93.0 Å². The molecule has 0 atom stereocenters. The van der Waals surface area contributed by atoms with Crippen LogP contribution in [0.3, 0.4) is 0 Å². The molecule has 3 rings (SSSR count). The molecule has 0 fully saturated rings.